The third-order valence-electron chi connectivity index (χ3n) is 4.61. The van der Waals surface area contributed by atoms with Crippen molar-refractivity contribution in [3.05, 3.63) is 63.2 Å². The molecule has 0 unspecified atom stereocenters. The first kappa shape index (κ1) is 17.9. The molecular formula is C20H21NO5. The van der Waals surface area contributed by atoms with Crippen LogP contribution >= 0.6 is 0 Å². The Bertz CT molecular complexity index is 904. The van der Waals surface area contributed by atoms with Crippen LogP contribution in [0.25, 0.3) is 0 Å². The Balaban J connectivity index is 1.80. The number of carbonyl (C=O) groups is 2. The number of amides is 1. The minimum Gasteiger partial charge on any atom is -0.449 e. The summed E-state index contributed by atoms with van der Waals surface area (Å²) in [5.74, 6) is -0.771. The molecule has 2 aromatic rings. The van der Waals surface area contributed by atoms with Gasteiger partial charge in [-0.3, -0.25) is 4.79 Å². The first-order chi connectivity index (χ1) is 12.3. The number of hydrogen-bond acceptors (Lipinski definition) is 5. The lowest BCUT2D eigenvalue weighted by Crippen LogP contribution is -2.43. The predicted molar refractivity (Wildman–Crippen MR) is 96.4 cm³/mol. The number of fused-ring (bicyclic) bond motifs is 1. The lowest BCUT2D eigenvalue weighted by atomic mass is 10.1. The predicted octanol–water partition coefficient (Wildman–Crippen LogP) is 2.78. The van der Waals surface area contributed by atoms with Crippen molar-refractivity contribution in [1.29, 1.82) is 0 Å². The fraction of sp³-hybridized carbons (Fsp3) is 0.350. The number of para-hydroxylation sites is 1. The molecule has 0 radical (unpaired) electrons. The second kappa shape index (κ2) is 6.78. The Hall–Kier alpha value is -2.89. The van der Waals surface area contributed by atoms with E-state index in [1.54, 1.807) is 18.7 Å². The van der Waals surface area contributed by atoms with Gasteiger partial charge in [0.05, 0.1) is 0 Å². The fourth-order valence-corrected chi connectivity index (χ4v) is 3.43. The molecule has 2 atom stereocenters. The molecule has 0 bridgehead atoms. The van der Waals surface area contributed by atoms with Gasteiger partial charge in [-0.25, -0.2) is 9.59 Å². The number of rotatable bonds is 3. The summed E-state index contributed by atoms with van der Waals surface area (Å²) >= 11 is 0. The van der Waals surface area contributed by atoms with E-state index in [-0.39, 0.29) is 23.3 Å². The number of hydrogen-bond donors (Lipinski definition) is 0. The van der Waals surface area contributed by atoms with Crippen LogP contribution in [0.5, 0.6) is 0 Å². The normalized spacial score (nSPS) is 16.9. The molecule has 1 aliphatic rings. The average Bonchev–Trinajstić information content (AvgIpc) is 2.88. The molecular weight excluding hydrogens is 334 g/mol. The second-order valence-electron chi connectivity index (χ2n) is 6.62. The maximum absolute atomic E-state index is 12.9. The van der Waals surface area contributed by atoms with Crippen LogP contribution in [0.2, 0.25) is 0 Å². The van der Waals surface area contributed by atoms with E-state index in [2.05, 4.69) is 0 Å². The number of benzene rings is 1. The molecule has 0 fully saturated rings. The highest BCUT2D eigenvalue weighted by Gasteiger charge is 2.35. The van der Waals surface area contributed by atoms with Crippen molar-refractivity contribution in [2.75, 3.05) is 4.90 Å². The number of ether oxygens (including phenoxy) is 1. The highest BCUT2D eigenvalue weighted by Crippen LogP contribution is 2.32. The summed E-state index contributed by atoms with van der Waals surface area (Å²) in [6.45, 7) is 6.67. The van der Waals surface area contributed by atoms with Gasteiger partial charge >= 0.3 is 11.6 Å². The van der Waals surface area contributed by atoms with Crippen molar-refractivity contribution in [3.8, 4) is 0 Å². The largest absolute Gasteiger partial charge is 0.449 e. The minimum atomic E-state index is -0.957. The fourth-order valence-electron chi connectivity index (χ4n) is 3.43. The summed E-state index contributed by atoms with van der Waals surface area (Å²) in [6, 6.07) is 8.94. The van der Waals surface area contributed by atoms with Gasteiger partial charge in [0.15, 0.2) is 6.10 Å². The first-order valence-electron chi connectivity index (χ1n) is 8.53. The van der Waals surface area contributed by atoms with Crippen molar-refractivity contribution in [1.82, 2.24) is 0 Å². The van der Waals surface area contributed by atoms with Gasteiger partial charge in [0, 0.05) is 17.8 Å². The van der Waals surface area contributed by atoms with E-state index >= 15 is 0 Å². The number of aryl methyl sites for hydroxylation is 2. The summed E-state index contributed by atoms with van der Waals surface area (Å²) in [5, 5.41) is 0. The standard InChI is InChI=1S/C20H21NO5/c1-11-9-17(22)25-13(3)18(11)20(24)26-14(4)19(23)21-12(2)10-15-7-5-6-8-16(15)21/h5-9,12,14H,10H2,1-4H3/t12-,14-/m1/s1. The number of nitrogens with zero attached hydrogens (tertiary/aromatic N) is 1. The molecule has 1 aromatic carbocycles. The maximum atomic E-state index is 12.9. The molecule has 0 N–H and O–H groups in total. The van der Waals surface area contributed by atoms with Crippen LogP contribution < -0.4 is 10.5 Å². The van der Waals surface area contributed by atoms with Gasteiger partial charge < -0.3 is 14.1 Å². The van der Waals surface area contributed by atoms with Crippen LogP contribution in [0.15, 0.2) is 39.5 Å². The van der Waals surface area contributed by atoms with Crippen LogP contribution in [0, 0.1) is 13.8 Å². The van der Waals surface area contributed by atoms with Crippen LogP contribution in [0.1, 0.15) is 41.1 Å². The van der Waals surface area contributed by atoms with Crippen LogP contribution in [-0.4, -0.2) is 24.0 Å². The van der Waals surface area contributed by atoms with E-state index in [1.165, 1.54) is 13.0 Å². The summed E-state index contributed by atoms with van der Waals surface area (Å²) < 4.78 is 10.3. The number of anilines is 1. The minimum absolute atomic E-state index is 0.000675. The second-order valence-corrected chi connectivity index (χ2v) is 6.62. The van der Waals surface area contributed by atoms with Gasteiger partial charge in [-0.15, -0.1) is 0 Å². The maximum Gasteiger partial charge on any atom is 0.342 e. The highest BCUT2D eigenvalue weighted by atomic mass is 16.5. The third kappa shape index (κ3) is 3.14. The third-order valence-corrected chi connectivity index (χ3v) is 4.61. The SMILES string of the molecule is Cc1cc(=O)oc(C)c1C(=O)O[C@H](C)C(=O)N1c2ccccc2C[C@H]1C. The zero-order valence-electron chi connectivity index (χ0n) is 15.2. The van der Waals surface area contributed by atoms with E-state index < -0.39 is 17.7 Å². The molecule has 1 aliphatic heterocycles. The average molecular weight is 355 g/mol. The highest BCUT2D eigenvalue weighted by molar-refractivity contribution is 6.01. The van der Waals surface area contributed by atoms with Gasteiger partial charge in [0.2, 0.25) is 0 Å². The molecule has 3 rings (SSSR count). The van der Waals surface area contributed by atoms with Gasteiger partial charge in [0.25, 0.3) is 5.91 Å². The summed E-state index contributed by atoms with van der Waals surface area (Å²) in [7, 11) is 0. The zero-order valence-corrected chi connectivity index (χ0v) is 15.2. The zero-order chi connectivity index (χ0) is 19.0. The Morgan fingerprint density at radius 1 is 1.27 bits per heavy atom. The number of esters is 1. The Kier molecular flexibility index (Phi) is 4.68. The molecule has 0 spiro atoms. The van der Waals surface area contributed by atoms with Crippen molar-refractivity contribution >= 4 is 17.6 Å². The van der Waals surface area contributed by atoms with Gasteiger partial charge in [-0.05, 0) is 51.3 Å². The smallest absolute Gasteiger partial charge is 0.342 e. The first-order valence-corrected chi connectivity index (χ1v) is 8.53. The quantitative estimate of drug-likeness (QED) is 0.791. The number of carbonyl (C=O) groups excluding carboxylic acids is 2. The molecule has 0 saturated carbocycles. The van der Waals surface area contributed by atoms with Crippen molar-refractivity contribution < 1.29 is 18.7 Å². The molecule has 6 nitrogen and oxygen atoms in total. The van der Waals surface area contributed by atoms with Crippen molar-refractivity contribution in [2.45, 2.75) is 46.3 Å². The molecule has 1 amide bonds. The van der Waals surface area contributed by atoms with E-state index in [9.17, 15) is 14.4 Å². The van der Waals surface area contributed by atoms with Gasteiger partial charge in [-0.2, -0.15) is 0 Å². The molecule has 1 aromatic heterocycles. The lowest BCUT2D eigenvalue weighted by Gasteiger charge is -2.26. The van der Waals surface area contributed by atoms with Crippen LogP contribution in [0.4, 0.5) is 5.69 Å². The van der Waals surface area contributed by atoms with E-state index in [0.717, 1.165) is 17.7 Å². The Morgan fingerprint density at radius 2 is 1.96 bits per heavy atom. The van der Waals surface area contributed by atoms with E-state index in [0.29, 0.717) is 5.56 Å². The summed E-state index contributed by atoms with van der Waals surface area (Å²) in [4.78, 5) is 38.4. The van der Waals surface area contributed by atoms with Crippen LogP contribution in [-0.2, 0) is 16.0 Å². The molecule has 26 heavy (non-hydrogen) atoms. The lowest BCUT2D eigenvalue weighted by molar-refractivity contribution is -0.126. The monoisotopic (exact) mass is 355 g/mol. The van der Waals surface area contributed by atoms with E-state index in [4.69, 9.17) is 9.15 Å². The summed E-state index contributed by atoms with van der Waals surface area (Å²) in [5.41, 5.74) is 2.07. The molecule has 6 heteroatoms. The Morgan fingerprint density at radius 3 is 2.65 bits per heavy atom. The van der Waals surface area contributed by atoms with E-state index in [1.807, 2.05) is 31.2 Å². The Labute approximate surface area is 151 Å². The van der Waals surface area contributed by atoms with Crippen LogP contribution in [0.3, 0.4) is 0 Å². The molecule has 0 aliphatic carbocycles. The molecule has 136 valence electrons. The molecule has 0 saturated heterocycles. The summed E-state index contributed by atoms with van der Waals surface area (Å²) in [6.07, 6.45) is -0.188. The topological polar surface area (TPSA) is 76.8 Å². The van der Waals surface area contributed by atoms with Crippen molar-refractivity contribution in [2.24, 2.45) is 0 Å². The van der Waals surface area contributed by atoms with Gasteiger partial charge in [-0.1, -0.05) is 18.2 Å². The molecule has 2 heterocycles. The van der Waals surface area contributed by atoms with Crippen molar-refractivity contribution in [3.63, 3.8) is 0 Å². The van der Waals surface area contributed by atoms with Gasteiger partial charge in [0.1, 0.15) is 11.3 Å².